The van der Waals surface area contributed by atoms with Gasteiger partial charge in [0.15, 0.2) is 0 Å². The molecule has 94 valence electrons. The molecule has 1 aromatic rings. The van der Waals surface area contributed by atoms with Gasteiger partial charge in [-0.3, -0.25) is 0 Å². The smallest absolute Gasteiger partial charge is 0.148 e. The van der Waals surface area contributed by atoms with Crippen molar-refractivity contribution < 1.29 is 4.74 Å². The van der Waals surface area contributed by atoms with Crippen molar-refractivity contribution in [3.63, 3.8) is 0 Å². The highest BCUT2D eigenvalue weighted by atomic mass is 35.5. The van der Waals surface area contributed by atoms with E-state index >= 15 is 0 Å². The van der Waals surface area contributed by atoms with Crippen LogP contribution in [0.25, 0.3) is 0 Å². The molecule has 0 spiro atoms. The summed E-state index contributed by atoms with van der Waals surface area (Å²) >= 11 is 5.99. The summed E-state index contributed by atoms with van der Waals surface area (Å²) in [5.74, 6) is 0.672. The maximum Gasteiger partial charge on any atom is 0.148 e. The van der Waals surface area contributed by atoms with E-state index in [1.54, 1.807) is 13.3 Å². The Morgan fingerprint density at radius 3 is 3.18 bits per heavy atom. The number of rotatable bonds is 5. The molecule has 0 aliphatic carbocycles. The highest BCUT2D eigenvalue weighted by molar-refractivity contribution is 6.32. The fourth-order valence-corrected chi connectivity index (χ4v) is 2.34. The van der Waals surface area contributed by atoms with Crippen molar-refractivity contribution in [3.05, 3.63) is 17.5 Å². The molecule has 0 aromatic carbocycles. The lowest BCUT2D eigenvalue weighted by molar-refractivity contribution is 0.127. The summed E-state index contributed by atoms with van der Waals surface area (Å²) in [5.41, 5.74) is -0.0109. The summed E-state index contributed by atoms with van der Waals surface area (Å²) < 4.78 is 5.28. The zero-order valence-electron chi connectivity index (χ0n) is 9.87. The van der Waals surface area contributed by atoms with E-state index in [1.807, 2.05) is 0 Å². The first kappa shape index (κ1) is 12.5. The lowest BCUT2D eigenvalue weighted by Gasteiger charge is -2.29. The van der Waals surface area contributed by atoms with Crippen molar-refractivity contribution in [3.8, 4) is 0 Å². The van der Waals surface area contributed by atoms with E-state index in [-0.39, 0.29) is 5.54 Å². The Labute approximate surface area is 106 Å². The molecular weight excluding hydrogens is 240 g/mol. The summed E-state index contributed by atoms with van der Waals surface area (Å²) in [6.45, 7) is 2.46. The molecule has 1 unspecified atom stereocenters. The topological polar surface area (TPSA) is 59.1 Å². The van der Waals surface area contributed by atoms with E-state index in [9.17, 15) is 0 Å². The first-order valence-electron chi connectivity index (χ1n) is 5.69. The fourth-order valence-electron chi connectivity index (χ4n) is 2.17. The van der Waals surface area contributed by atoms with Crippen LogP contribution in [0.2, 0.25) is 5.02 Å². The van der Waals surface area contributed by atoms with E-state index < -0.39 is 0 Å². The fraction of sp³-hybridized carbons (Fsp3) is 0.636. The Hall–Kier alpha value is -0.910. The van der Waals surface area contributed by atoms with Crippen molar-refractivity contribution >= 4 is 17.4 Å². The van der Waals surface area contributed by atoms with Crippen LogP contribution in [0.4, 0.5) is 5.82 Å². The zero-order valence-corrected chi connectivity index (χ0v) is 10.6. The maximum absolute atomic E-state index is 5.99. The van der Waals surface area contributed by atoms with Crippen molar-refractivity contribution in [2.24, 2.45) is 0 Å². The van der Waals surface area contributed by atoms with Gasteiger partial charge in [0.05, 0.1) is 18.3 Å². The van der Waals surface area contributed by atoms with Gasteiger partial charge in [0.25, 0.3) is 0 Å². The highest BCUT2D eigenvalue weighted by Crippen LogP contribution is 2.22. The lowest BCUT2D eigenvalue weighted by atomic mass is 9.99. The van der Waals surface area contributed by atoms with Crippen LogP contribution in [0.1, 0.15) is 12.8 Å². The highest BCUT2D eigenvalue weighted by Gasteiger charge is 2.33. The van der Waals surface area contributed by atoms with Crippen LogP contribution in [-0.2, 0) is 4.74 Å². The average Bonchev–Trinajstić information content (AvgIpc) is 2.78. The van der Waals surface area contributed by atoms with Crippen LogP contribution in [0, 0.1) is 0 Å². The van der Waals surface area contributed by atoms with Crippen LogP contribution in [0.3, 0.4) is 0 Å². The summed E-state index contributed by atoms with van der Waals surface area (Å²) in [4.78, 5) is 7.96. The maximum atomic E-state index is 5.99. The number of nitrogens with zero attached hydrogens (tertiary/aromatic N) is 2. The first-order valence-corrected chi connectivity index (χ1v) is 6.07. The molecule has 1 atom stereocenters. The first-order chi connectivity index (χ1) is 8.26. The molecule has 1 aliphatic rings. The third-order valence-electron chi connectivity index (χ3n) is 3.01. The largest absolute Gasteiger partial charge is 0.383 e. The van der Waals surface area contributed by atoms with Crippen LogP contribution < -0.4 is 10.6 Å². The molecule has 1 fully saturated rings. The minimum Gasteiger partial charge on any atom is -0.383 e. The molecule has 2 rings (SSSR count). The molecule has 2 N–H and O–H groups in total. The predicted octanol–water partition coefficient (Wildman–Crippen LogP) is 1.31. The number of aromatic nitrogens is 2. The molecule has 1 aromatic heterocycles. The van der Waals surface area contributed by atoms with Gasteiger partial charge in [-0.25, -0.2) is 9.97 Å². The second-order valence-corrected chi connectivity index (χ2v) is 4.72. The van der Waals surface area contributed by atoms with E-state index in [2.05, 4.69) is 20.6 Å². The van der Waals surface area contributed by atoms with Gasteiger partial charge >= 0.3 is 0 Å². The summed E-state index contributed by atoms with van der Waals surface area (Å²) in [6.07, 6.45) is 5.33. The number of ether oxygens (including phenoxy) is 1. The Kier molecular flexibility index (Phi) is 4.15. The number of halogens is 1. The Balaban J connectivity index is 1.98. The van der Waals surface area contributed by atoms with E-state index in [0.29, 0.717) is 17.4 Å². The minimum atomic E-state index is -0.0109. The normalized spacial score (nSPS) is 23.9. The molecule has 0 radical (unpaired) electrons. The Bertz CT molecular complexity index is 368. The zero-order chi connectivity index (χ0) is 12.1. The Morgan fingerprint density at radius 2 is 2.53 bits per heavy atom. The van der Waals surface area contributed by atoms with Gasteiger partial charge in [-0.15, -0.1) is 0 Å². The molecule has 2 heterocycles. The third kappa shape index (κ3) is 3.06. The van der Waals surface area contributed by atoms with Crippen LogP contribution >= 0.6 is 11.6 Å². The standard InChI is InChI=1S/C11H17ClN4O/c1-17-7-11(3-2-4-16-11)6-14-10-9(12)5-13-8-15-10/h5,8,16H,2-4,6-7H2,1H3,(H,13,14,15). The van der Waals surface area contributed by atoms with E-state index in [4.69, 9.17) is 16.3 Å². The second-order valence-electron chi connectivity index (χ2n) is 4.32. The molecule has 0 bridgehead atoms. The van der Waals surface area contributed by atoms with Gasteiger partial charge < -0.3 is 15.4 Å². The van der Waals surface area contributed by atoms with Crippen molar-refractivity contribution in [1.82, 2.24) is 15.3 Å². The summed E-state index contributed by atoms with van der Waals surface area (Å²) in [6, 6.07) is 0. The molecule has 5 nitrogen and oxygen atoms in total. The third-order valence-corrected chi connectivity index (χ3v) is 3.29. The van der Waals surface area contributed by atoms with Gasteiger partial charge in [-0.2, -0.15) is 0 Å². The quantitative estimate of drug-likeness (QED) is 0.832. The van der Waals surface area contributed by atoms with Crippen molar-refractivity contribution in [1.29, 1.82) is 0 Å². The molecule has 0 amide bonds. The van der Waals surface area contributed by atoms with Gasteiger partial charge in [-0.1, -0.05) is 11.6 Å². The summed E-state index contributed by atoms with van der Waals surface area (Å²) in [5, 5.41) is 7.28. The molecule has 0 saturated carbocycles. The van der Waals surface area contributed by atoms with E-state index in [0.717, 1.165) is 19.5 Å². The van der Waals surface area contributed by atoms with Crippen LogP contribution in [0.15, 0.2) is 12.5 Å². The van der Waals surface area contributed by atoms with Crippen molar-refractivity contribution in [2.75, 3.05) is 32.1 Å². The predicted molar refractivity (Wildman–Crippen MR) is 67.4 cm³/mol. The second kappa shape index (κ2) is 5.62. The van der Waals surface area contributed by atoms with Gasteiger partial charge in [0, 0.05) is 13.7 Å². The van der Waals surface area contributed by atoms with Gasteiger partial charge in [-0.05, 0) is 19.4 Å². The van der Waals surface area contributed by atoms with Crippen molar-refractivity contribution in [2.45, 2.75) is 18.4 Å². The lowest BCUT2D eigenvalue weighted by Crippen LogP contribution is -2.49. The number of methoxy groups -OCH3 is 1. The molecule has 17 heavy (non-hydrogen) atoms. The SMILES string of the molecule is COCC1(CNc2ncncc2Cl)CCCN1. The van der Waals surface area contributed by atoms with Crippen LogP contribution in [0.5, 0.6) is 0 Å². The summed E-state index contributed by atoms with van der Waals surface area (Å²) in [7, 11) is 1.72. The van der Waals surface area contributed by atoms with E-state index in [1.165, 1.54) is 12.7 Å². The monoisotopic (exact) mass is 256 g/mol. The minimum absolute atomic E-state index is 0.0109. The average molecular weight is 257 g/mol. The number of hydrogen-bond acceptors (Lipinski definition) is 5. The van der Waals surface area contributed by atoms with Crippen LogP contribution in [-0.4, -0.2) is 42.3 Å². The Morgan fingerprint density at radius 1 is 1.65 bits per heavy atom. The molecule has 1 saturated heterocycles. The number of anilines is 1. The number of hydrogen-bond donors (Lipinski definition) is 2. The number of nitrogens with one attached hydrogen (secondary N) is 2. The van der Waals surface area contributed by atoms with Gasteiger partial charge in [0.1, 0.15) is 17.2 Å². The molecular formula is C11H17ClN4O. The van der Waals surface area contributed by atoms with Gasteiger partial charge in [0.2, 0.25) is 0 Å². The molecule has 6 heteroatoms. The molecule has 1 aliphatic heterocycles.